The highest BCUT2D eigenvalue weighted by molar-refractivity contribution is 7.80. The Bertz CT molecular complexity index is 616. The van der Waals surface area contributed by atoms with Crippen molar-refractivity contribution < 1.29 is 4.74 Å². The van der Waals surface area contributed by atoms with Crippen molar-refractivity contribution in [1.29, 1.82) is 0 Å². The van der Waals surface area contributed by atoms with Crippen molar-refractivity contribution >= 4 is 40.4 Å². The van der Waals surface area contributed by atoms with Crippen molar-refractivity contribution in [2.75, 3.05) is 0 Å². The number of benzene rings is 2. The predicted octanol–water partition coefficient (Wildman–Crippen LogP) is 4.21. The minimum Gasteiger partial charge on any atom is -0.489 e. The topological polar surface area (TPSA) is 35.2 Å². The van der Waals surface area contributed by atoms with E-state index in [0.29, 0.717) is 27.4 Å². The predicted molar refractivity (Wildman–Crippen MR) is 83.1 cm³/mol. The third kappa shape index (κ3) is 3.83. The SMILES string of the molecule is NC(=S)c1cccc(OCc2cc(Cl)ccc2Cl)c1. The van der Waals surface area contributed by atoms with E-state index in [1.807, 2.05) is 18.2 Å². The Labute approximate surface area is 127 Å². The van der Waals surface area contributed by atoms with Gasteiger partial charge in [0.1, 0.15) is 17.3 Å². The highest BCUT2D eigenvalue weighted by Gasteiger charge is 2.04. The molecule has 0 saturated carbocycles. The molecule has 0 amide bonds. The number of nitrogens with two attached hydrogens (primary N) is 1. The van der Waals surface area contributed by atoms with E-state index in [0.717, 1.165) is 11.1 Å². The lowest BCUT2D eigenvalue weighted by Gasteiger charge is -2.09. The summed E-state index contributed by atoms with van der Waals surface area (Å²) in [6.45, 7) is 0.334. The average Bonchev–Trinajstić information content (AvgIpc) is 2.40. The molecule has 5 heteroatoms. The van der Waals surface area contributed by atoms with Crippen LogP contribution in [0.2, 0.25) is 10.0 Å². The molecule has 19 heavy (non-hydrogen) atoms. The van der Waals surface area contributed by atoms with Gasteiger partial charge in [0.15, 0.2) is 0 Å². The molecule has 2 N–H and O–H groups in total. The number of thiocarbonyl (C=S) groups is 1. The zero-order valence-corrected chi connectivity index (χ0v) is 12.2. The maximum absolute atomic E-state index is 6.06. The van der Waals surface area contributed by atoms with E-state index in [1.54, 1.807) is 24.3 Å². The van der Waals surface area contributed by atoms with Gasteiger partial charge in [0.25, 0.3) is 0 Å². The van der Waals surface area contributed by atoms with Crippen molar-refractivity contribution in [2.45, 2.75) is 6.61 Å². The third-order valence-corrected chi connectivity index (χ3v) is 3.36. The Morgan fingerprint density at radius 3 is 2.68 bits per heavy atom. The van der Waals surface area contributed by atoms with Crippen molar-refractivity contribution in [3.63, 3.8) is 0 Å². The average molecular weight is 312 g/mol. The van der Waals surface area contributed by atoms with Crippen LogP contribution in [0.5, 0.6) is 5.75 Å². The van der Waals surface area contributed by atoms with Gasteiger partial charge in [-0.2, -0.15) is 0 Å². The summed E-state index contributed by atoms with van der Waals surface area (Å²) in [4.78, 5) is 0.339. The fourth-order valence-electron chi connectivity index (χ4n) is 1.55. The van der Waals surface area contributed by atoms with Crippen LogP contribution < -0.4 is 10.5 Å². The Balaban J connectivity index is 2.12. The van der Waals surface area contributed by atoms with Gasteiger partial charge in [-0.15, -0.1) is 0 Å². The van der Waals surface area contributed by atoms with Gasteiger partial charge in [0, 0.05) is 21.2 Å². The van der Waals surface area contributed by atoms with Gasteiger partial charge in [-0.1, -0.05) is 47.6 Å². The molecular formula is C14H11Cl2NOS. The molecule has 0 unspecified atom stereocenters. The number of hydrogen-bond acceptors (Lipinski definition) is 2. The largest absolute Gasteiger partial charge is 0.489 e. The summed E-state index contributed by atoms with van der Waals surface area (Å²) in [5.74, 6) is 0.682. The maximum Gasteiger partial charge on any atom is 0.120 e. The molecule has 2 aromatic rings. The van der Waals surface area contributed by atoms with Crippen LogP contribution in [0.15, 0.2) is 42.5 Å². The zero-order chi connectivity index (χ0) is 13.8. The van der Waals surface area contributed by atoms with E-state index in [1.165, 1.54) is 0 Å². The van der Waals surface area contributed by atoms with E-state index in [2.05, 4.69) is 0 Å². The molecule has 0 aliphatic rings. The molecule has 0 spiro atoms. The molecule has 0 atom stereocenters. The van der Waals surface area contributed by atoms with Crippen LogP contribution in [-0.2, 0) is 6.61 Å². The quantitative estimate of drug-likeness (QED) is 0.859. The second-order valence-corrected chi connectivity index (χ2v) is 5.20. The Kier molecular flexibility index (Phi) is 4.64. The molecule has 0 heterocycles. The van der Waals surface area contributed by atoms with Crippen molar-refractivity contribution in [3.05, 3.63) is 63.6 Å². The van der Waals surface area contributed by atoms with Gasteiger partial charge < -0.3 is 10.5 Å². The van der Waals surface area contributed by atoms with Crippen molar-refractivity contribution in [2.24, 2.45) is 5.73 Å². The van der Waals surface area contributed by atoms with Crippen molar-refractivity contribution in [1.82, 2.24) is 0 Å². The maximum atomic E-state index is 6.06. The first-order valence-corrected chi connectivity index (χ1v) is 6.69. The van der Waals surface area contributed by atoms with Gasteiger partial charge in [0.05, 0.1) is 0 Å². The van der Waals surface area contributed by atoms with Gasteiger partial charge in [-0.3, -0.25) is 0 Å². The summed E-state index contributed by atoms with van der Waals surface area (Å²) in [6.07, 6.45) is 0. The second-order valence-electron chi connectivity index (χ2n) is 3.92. The number of ether oxygens (including phenoxy) is 1. The molecule has 0 saturated heterocycles. The third-order valence-electron chi connectivity index (χ3n) is 2.52. The smallest absolute Gasteiger partial charge is 0.120 e. The Morgan fingerprint density at radius 2 is 1.95 bits per heavy atom. The first-order valence-electron chi connectivity index (χ1n) is 5.53. The highest BCUT2D eigenvalue weighted by atomic mass is 35.5. The van der Waals surface area contributed by atoms with Crippen LogP contribution >= 0.6 is 35.4 Å². The fourth-order valence-corrected chi connectivity index (χ4v) is 2.05. The normalized spacial score (nSPS) is 10.2. The van der Waals surface area contributed by atoms with E-state index in [4.69, 9.17) is 45.9 Å². The standard InChI is InChI=1S/C14H11Cl2NOS/c15-11-4-5-13(16)10(6-11)8-18-12-3-1-2-9(7-12)14(17)19/h1-7H,8H2,(H2,17,19). The molecule has 0 aromatic heterocycles. The minimum atomic E-state index is 0.334. The molecule has 0 radical (unpaired) electrons. The number of halogens is 2. The van der Waals surface area contributed by atoms with Crippen LogP contribution in [0.25, 0.3) is 0 Å². The molecule has 2 rings (SSSR count). The van der Waals surface area contributed by atoms with Crippen LogP contribution in [0, 0.1) is 0 Å². The molecule has 0 aliphatic heterocycles. The van der Waals surface area contributed by atoms with Gasteiger partial charge in [-0.25, -0.2) is 0 Å². The number of hydrogen-bond donors (Lipinski definition) is 1. The van der Waals surface area contributed by atoms with E-state index >= 15 is 0 Å². The number of rotatable bonds is 4. The monoisotopic (exact) mass is 311 g/mol. The molecular weight excluding hydrogens is 301 g/mol. The van der Waals surface area contributed by atoms with Crippen LogP contribution in [0.1, 0.15) is 11.1 Å². The molecule has 2 aromatic carbocycles. The van der Waals surface area contributed by atoms with Crippen LogP contribution in [0.4, 0.5) is 0 Å². The lowest BCUT2D eigenvalue weighted by Crippen LogP contribution is -2.09. The first kappa shape index (κ1) is 14.1. The molecule has 0 fully saturated rings. The molecule has 0 aliphatic carbocycles. The summed E-state index contributed by atoms with van der Waals surface area (Å²) >= 11 is 16.9. The lowest BCUT2D eigenvalue weighted by atomic mass is 10.2. The van der Waals surface area contributed by atoms with E-state index in [-0.39, 0.29) is 0 Å². The van der Waals surface area contributed by atoms with E-state index < -0.39 is 0 Å². The van der Waals surface area contributed by atoms with Gasteiger partial charge >= 0.3 is 0 Å². The summed E-state index contributed by atoms with van der Waals surface area (Å²) < 4.78 is 5.66. The lowest BCUT2D eigenvalue weighted by molar-refractivity contribution is 0.306. The molecule has 98 valence electrons. The van der Waals surface area contributed by atoms with Gasteiger partial charge in [-0.05, 0) is 30.3 Å². The van der Waals surface area contributed by atoms with E-state index in [9.17, 15) is 0 Å². The van der Waals surface area contributed by atoms with Crippen molar-refractivity contribution in [3.8, 4) is 5.75 Å². The Morgan fingerprint density at radius 1 is 1.16 bits per heavy atom. The fraction of sp³-hybridized carbons (Fsp3) is 0.0714. The Hall–Kier alpha value is -1.29. The van der Waals surface area contributed by atoms with Crippen LogP contribution in [-0.4, -0.2) is 4.99 Å². The second kappa shape index (κ2) is 6.24. The minimum absolute atomic E-state index is 0.334. The summed E-state index contributed by atoms with van der Waals surface area (Å²) in [7, 11) is 0. The highest BCUT2D eigenvalue weighted by Crippen LogP contribution is 2.22. The van der Waals surface area contributed by atoms with Gasteiger partial charge in [0.2, 0.25) is 0 Å². The molecule has 2 nitrogen and oxygen atoms in total. The summed E-state index contributed by atoms with van der Waals surface area (Å²) in [6, 6.07) is 12.6. The zero-order valence-electron chi connectivity index (χ0n) is 9.90. The summed E-state index contributed by atoms with van der Waals surface area (Å²) in [5.41, 5.74) is 7.17. The first-order chi connectivity index (χ1) is 9.06. The van der Waals surface area contributed by atoms with Crippen LogP contribution in [0.3, 0.4) is 0 Å². The molecule has 0 bridgehead atoms. The summed E-state index contributed by atoms with van der Waals surface area (Å²) in [5, 5.41) is 1.25.